The normalized spacial score (nSPS) is 14.1. The third-order valence-electron chi connectivity index (χ3n) is 4.68. The summed E-state index contributed by atoms with van der Waals surface area (Å²) < 4.78 is 12.9. The molecule has 1 saturated heterocycles. The smallest absolute Gasteiger partial charge is 0.241 e. The second-order valence-corrected chi connectivity index (χ2v) is 6.75. The van der Waals surface area contributed by atoms with Gasteiger partial charge in [-0.25, -0.2) is 4.39 Å². The third-order valence-corrected chi connectivity index (χ3v) is 4.68. The van der Waals surface area contributed by atoms with E-state index >= 15 is 0 Å². The molecule has 2 aromatic carbocycles. The van der Waals surface area contributed by atoms with Crippen LogP contribution in [0.2, 0.25) is 0 Å². The van der Waals surface area contributed by atoms with Crippen LogP contribution in [0.25, 0.3) is 0 Å². The van der Waals surface area contributed by atoms with Crippen LogP contribution in [0.5, 0.6) is 0 Å². The molecule has 1 aliphatic rings. The Kier molecular flexibility index (Phi) is 6.76. The Morgan fingerprint density at radius 1 is 0.966 bits per heavy atom. The number of nitrogens with zero attached hydrogens (tertiary/aromatic N) is 3. The molecular formula is C21H22FN5O2. The summed E-state index contributed by atoms with van der Waals surface area (Å²) >= 11 is 0. The van der Waals surface area contributed by atoms with E-state index in [2.05, 4.69) is 16.7 Å². The van der Waals surface area contributed by atoms with Crippen LogP contribution in [-0.4, -0.2) is 60.9 Å². The van der Waals surface area contributed by atoms with Gasteiger partial charge in [-0.05, 0) is 48.5 Å². The topological polar surface area (TPSA) is 88.5 Å². The molecule has 0 atom stereocenters. The number of hydrogen-bond acceptors (Lipinski definition) is 5. The van der Waals surface area contributed by atoms with Crippen molar-refractivity contribution < 1.29 is 14.0 Å². The molecule has 150 valence electrons. The number of halogens is 1. The molecule has 29 heavy (non-hydrogen) atoms. The van der Waals surface area contributed by atoms with Crippen molar-refractivity contribution in [3.63, 3.8) is 0 Å². The van der Waals surface area contributed by atoms with E-state index in [9.17, 15) is 14.0 Å². The Labute approximate surface area is 168 Å². The lowest BCUT2D eigenvalue weighted by Gasteiger charge is -2.34. The van der Waals surface area contributed by atoms with Crippen molar-refractivity contribution in [3.8, 4) is 6.07 Å². The highest BCUT2D eigenvalue weighted by molar-refractivity contribution is 5.92. The highest BCUT2D eigenvalue weighted by Gasteiger charge is 2.22. The zero-order chi connectivity index (χ0) is 20.6. The minimum atomic E-state index is -0.350. The van der Waals surface area contributed by atoms with Crippen LogP contribution in [0.1, 0.15) is 5.56 Å². The fourth-order valence-corrected chi connectivity index (χ4v) is 3.04. The monoisotopic (exact) mass is 395 g/mol. The summed E-state index contributed by atoms with van der Waals surface area (Å²) in [6.45, 7) is 2.73. The highest BCUT2D eigenvalue weighted by atomic mass is 19.1. The van der Waals surface area contributed by atoms with Gasteiger partial charge in [0.2, 0.25) is 11.8 Å². The Hall–Kier alpha value is -3.44. The first-order valence-electron chi connectivity index (χ1n) is 9.33. The van der Waals surface area contributed by atoms with E-state index in [0.29, 0.717) is 37.4 Å². The second-order valence-electron chi connectivity index (χ2n) is 6.75. The quantitative estimate of drug-likeness (QED) is 0.780. The van der Waals surface area contributed by atoms with Crippen LogP contribution in [0.15, 0.2) is 48.5 Å². The van der Waals surface area contributed by atoms with Crippen molar-refractivity contribution in [1.82, 2.24) is 9.80 Å². The van der Waals surface area contributed by atoms with Crippen molar-refractivity contribution >= 4 is 23.2 Å². The number of rotatable bonds is 6. The molecule has 0 spiro atoms. The van der Waals surface area contributed by atoms with Crippen molar-refractivity contribution in [2.24, 2.45) is 0 Å². The van der Waals surface area contributed by atoms with Crippen molar-refractivity contribution in [2.45, 2.75) is 0 Å². The Balaban J connectivity index is 1.38. The van der Waals surface area contributed by atoms with Gasteiger partial charge in [-0.15, -0.1) is 0 Å². The van der Waals surface area contributed by atoms with Gasteiger partial charge >= 0.3 is 0 Å². The van der Waals surface area contributed by atoms with E-state index in [-0.39, 0.29) is 30.7 Å². The first-order chi connectivity index (χ1) is 14.0. The predicted molar refractivity (Wildman–Crippen MR) is 108 cm³/mol. The van der Waals surface area contributed by atoms with Crippen LogP contribution in [-0.2, 0) is 9.59 Å². The van der Waals surface area contributed by atoms with E-state index in [0.717, 1.165) is 5.69 Å². The Morgan fingerprint density at radius 2 is 1.59 bits per heavy atom. The lowest BCUT2D eigenvalue weighted by molar-refractivity contribution is -0.131. The molecule has 1 fully saturated rings. The lowest BCUT2D eigenvalue weighted by Crippen LogP contribution is -2.51. The molecule has 0 saturated carbocycles. The van der Waals surface area contributed by atoms with Gasteiger partial charge in [0, 0.05) is 37.6 Å². The zero-order valence-corrected chi connectivity index (χ0v) is 15.9. The molecule has 0 unspecified atom stereocenters. The summed E-state index contributed by atoms with van der Waals surface area (Å²) in [6, 6.07) is 14.6. The van der Waals surface area contributed by atoms with Gasteiger partial charge in [-0.2, -0.15) is 5.26 Å². The predicted octanol–water partition coefficient (Wildman–Crippen LogP) is 1.89. The number of carbonyl (C=O) groups is 2. The van der Waals surface area contributed by atoms with E-state index in [1.807, 2.05) is 4.90 Å². The SMILES string of the molecule is N#Cc1ccc(NCC(=O)N2CCN(CC(=O)Nc3ccc(F)cc3)CC2)cc1. The Bertz CT molecular complexity index is 885. The van der Waals surface area contributed by atoms with Crippen molar-refractivity contribution in [2.75, 3.05) is 49.9 Å². The van der Waals surface area contributed by atoms with Crippen LogP contribution in [0, 0.1) is 17.1 Å². The average Bonchev–Trinajstić information content (AvgIpc) is 2.74. The first kappa shape index (κ1) is 20.3. The van der Waals surface area contributed by atoms with Crippen LogP contribution >= 0.6 is 0 Å². The molecule has 3 rings (SSSR count). The first-order valence-corrected chi connectivity index (χ1v) is 9.33. The molecule has 1 aliphatic heterocycles. The van der Waals surface area contributed by atoms with E-state index in [1.165, 1.54) is 24.3 Å². The lowest BCUT2D eigenvalue weighted by atomic mass is 10.2. The van der Waals surface area contributed by atoms with Crippen molar-refractivity contribution in [1.29, 1.82) is 5.26 Å². The molecule has 0 aromatic heterocycles. The molecule has 2 aromatic rings. The van der Waals surface area contributed by atoms with Gasteiger partial charge < -0.3 is 15.5 Å². The largest absolute Gasteiger partial charge is 0.376 e. The number of amides is 2. The molecule has 0 aliphatic carbocycles. The van der Waals surface area contributed by atoms with Gasteiger partial charge in [0.25, 0.3) is 0 Å². The summed E-state index contributed by atoms with van der Waals surface area (Å²) in [5.74, 6) is -0.527. The van der Waals surface area contributed by atoms with E-state index in [1.54, 1.807) is 29.2 Å². The minimum Gasteiger partial charge on any atom is -0.376 e. The standard InChI is InChI=1S/C21H22FN5O2/c22-17-3-7-19(8-4-17)25-20(28)15-26-9-11-27(12-10-26)21(29)14-24-18-5-1-16(13-23)2-6-18/h1-8,24H,9-12,14-15H2,(H,25,28). The summed E-state index contributed by atoms with van der Waals surface area (Å²) in [4.78, 5) is 28.3. The van der Waals surface area contributed by atoms with Gasteiger partial charge in [0.05, 0.1) is 24.7 Å². The van der Waals surface area contributed by atoms with Gasteiger partial charge in [0.15, 0.2) is 0 Å². The number of benzene rings is 2. The number of hydrogen-bond donors (Lipinski definition) is 2. The number of anilines is 2. The van der Waals surface area contributed by atoms with Crippen LogP contribution in [0.4, 0.5) is 15.8 Å². The number of nitrogens with one attached hydrogen (secondary N) is 2. The molecular weight excluding hydrogens is 373 g/mol. The fraction of sp³-hybridized carbons (Fsp3) is 0.286. The third kappa shape index (κ3) is 6.02. The molecule has 2 N–H and O–H groups in total. The van der Waals surface area contributed by atoms with Crippen LogP contribution in [0.3, 0.4) is 0 Å². The fourth-order valence-electron chi connectivity index (χ4n) is 3.04. The summed E-state index contributed by atoms with van der Waals surface area (Å²) in [6.07, 6.45) is 0. The maximum Gasteiger partial charge on any atom is 0.241 e. The second kappa shape index (κ2) is 9.66. The minimum absolute atomic E-state index is 0.00947. The van der Waals surface area contributed by atoms with E-state index < -0.39 is 0 Å². The molecule has 0 radical (unpaired) electrons. The summed E-state index contributed by atoms with van der Waals surface area (Å²) in [5, 5.41) is 14.6. The van der Waals surface area contributed by atoms with Gasteiger partial charge in [0.1, 0.15) is 5.82 Å². The molecule has 8 heteroatoms. The molecule has 2 amide bonds. The van der Waals surface area contributed by atoms with Crippen LogP contribution < -0.4 is 10.6 Å². The van der Waals surface area contributed by atoms with Gasteiger partial charge in [-0.3, -0.25) is 14.5 Å². The number of nitriles is 1. The number of carbonyl (C=O) groups excluding carboxylic acids is 2. The highest BCUT2D eigenvalue weighted by Crippen LogP contribution is 2.10. The summed E-state index contributed by atoms with van der Waals surface area (Å²) in [5.41, 5.74) is 1.91. The van der Waals surface area contributed by atoms with E-state index in [4.69, 9.17) is 5.26 Å². The number of piperazine rings is 1. The molecule has 7 nitrogen and oxygen atoms in total. The summed E-state index contributed by atoms with van der Waals surface area (Å²) in [7, 11) is 0. The maximum atomic E-state index is 12.9. The van der Waals surface area contributed by atoms with Crippen molar-refractivity contribution in [3.05, 3.63) is 59.9 Å². The zero-order valence-electron chi connectivity index (χ0n) is 15.9. The van der Waals surface area contributed by atoms with Gasteiger partial charge in [-0.1, -0.05) is 0 Å². The molecule has 1 heterocycles. The average molecular weight is 395 g/mol. The Morgan fingerprint density at radius 3 is 2.21 bits per heavy atom. The maximum absolute atomic E-state index is 12.9. The molecule has 0 bridgehead atoms.